The Morgan fingerprint density at radius 3 is 2.41 bits per heavy atom. The topological polar surface area (TPSA) is 135 Å². The molecule has 4 N–H and O–H groups in total. The molecule has 11 heteroatoms. The van der Waals surface area contributed by atoms with E-state index in [1.165, 1.54) is 12.1 Å². The first-order valence-electron chi connectivity index (χ1n) is 16.9. The third kappa shape index (κ3) is 9.44. The maximum Gasteiger partial charge on any atom is 0.255 e. The van der Waals surface area contributed by atoms with Gasteiger partial charge in [0.05, 0.1) is 11.6 Å². The number of benzene rings is 3. The highest BCUT2D eigenvalue weighted by Crippen LogP contribution is 2.34. The van der Waals surface area contributed by atoms with E-state index in [1.807, 2.05) is 50.2 Å². The fraction of sp³-hybridized carbons (Fsp3) is 0.421. The average molecular weight is 673 g/mol. The summed E-state index contributed by atoms with van der Waals surface area (Å²) in [6, 6.07) is 20.1. The molecular formula is C38H45FN4O6. The molecule has 0 unspecified atom stereocenters. The Morgan fingerprint density at radius 2 is 1.67 bits per heavy atom. The lowest BCUT2D eigenvalue weighted by Gasteiger charge is -2.38. The third-order valence-corrected chi connectivity index (χ3v) is 9.39. The molecule has 10 nitrogen and oxygen atoms in total. The van der Waals surface area contributed by atoms with E-state index >= 15 is 0 Å². The molecule has 260 valence electrons. The molecule has 1 saturated heterocycles. The second-order valence-electron chi connectivity index (χ2n) is 13.2. The van der Waals surface area contributed by atoms with Gasteiger partial charge in [0.25, 0.3) is 5.91 Å². The van der Waals surface area contributed by atoms with Crippen LogP contribution in [0.1, 0.15) is 61.0 Å². The predicted molar refractivity (Wildman–Crippen MR) is 182 cm³/mol. The normalized spacial score (nSPS) is 21.9. The van der Waals surface area contributed by atoms with Crippen molar-refractivity contribution >= 4 is 23.6 Å². The summed E-state index contributed by atoms with van der Waals surface area (Å²) in [5.41, 5.74) is 1.28. The Labute approximate surface area is 286 Å². The van der Waals surface area contributed by atoms with Gasteiger partial charge in [-0.25, -0.2) is 4.39 Å². The molecular weight excluding hydrogens is 627 g/mol. The monoisotopic (exact) mass is 672 g/mol. The molecule has 3 aromatic carbocycles. The van der Waals surface area contributed by atoms with Crippen molar-refractivity contribution < 1.29 is 33.0 Å². The van der Waals surface area contributed by atoms with E-state index in [2.05, 4.69) is 21.3 Å². The molecule has 49 heavy (non-hydrogen) atoms. The number of halogens is 1. The summed E-state index contributed by atoms with van der Waals surface area (Å²) in [6.07, 6.45) is 1.24. The van der Waals surface area contributed by atoms with Gasteiger partial charge < -0.3 is 30.7 Å². The van der Waals surface area contributed by atoms with Crippen LogP contribution in [0.25, 0.3) is 0 Å². The lowest BCUT2D eigenvalue weighted by molar-refractivity contribution is -0.130. The zero-order chi connectivity index (χ0) is 34.8. The van der Waals surface area contributed by atoms with Gasteiger partial charge in [0.15, 0.2) is 0 Å². The molecule has 3 aromatic rings. The quantitative estimate of drug-likeness (QED) is 0.302. The van der Waals surface area contributed by atoms with Gasteiger partial charge in [0, 0.05) is 38.0 Å². The highest BCUT2D eigenvalue weighted by atomic mass is 19.1. The molecule has 0 spiro atoms. The highest BCUT2D eigenvalue weighted by molar-refractivity contribution is 6.00. The van der Waals surface area contributed by atoms with Gasteiger partial charge in [-0.1, -0.05) is 68.4 Å². The average Bonchev–Trinajstić information content (AvgIpc) is 3.11. The fourth-order valence-electron chi connectivity index (χ4n) is 6.28. The molecule has 2 aliphatic rings. The molecule has 0 aliphatic carbocycles. The van der Waals surface area contributed by atoms with Gasteiger partial charge in [-0.2, -0.15) is 0 Å². The number of nitrogens with one attached hydrogen (secondary N) is 4. The lowest BCUT2D eigenvalue weighted by atomic mass is 9.74. The van der Waals surface area contributed by atoms with Crippen molar-refractivity contribution in [3.8, 4) is 5.75 Å². The van der Waals surface area contributed by atoms with Crippen LogP contribution in [0.2, 0.25) is 0 Å². The first-order chi connectivity index (χ1) is 23.6. The Hall–Kier alpha value is -4.77. The number of rotatable bonds is 7. The third-order valence-electron chi connectivity index (χ3n) is 9.39. The van der Waals surface area contributed by atoms with E-state index in [-0.39, 0.29) is 55.6 Å². The first-order valence-corrected chi connectivity index (χ1v) is 16.9. The van der Waals surface area contributed by atoms with Gasteiger partial charge in [0.1, 0.15) is 30.3 Å². The maximum atomic E-state index is 14.3. The Bertz CT molecular complexity index is 1610. The standard InChI is InChI=1S/C38H45FN4O6/c1-25(2)32-23-49-33-14-7-6-13-29(33)35(45)42-30(15-16-34(44)41-31(37(47)43-32)21-26-9-4-3-5-10-26)36(46)40-24-38(17-19-48-20-18-38)27-11-8-12-28(39)22-27/h3-14,22,25,30-32H,15-21,23-24H2,1-2H3,(H,40,46)(H,41,44)(H,42,45)(H,43,47)/t30-,31-,32-/m0/s1. The second-order valence-corrected chi connectivity index (χ2v) is 13.2. The van der Waals surface area contributed by atoms with Gasteiger partial charge >= 0.3 is 0 Å². The van der Waals surface area contributed by atoms with Crippen molar-refractivity contribution in [2.24, 2.45) is 5.92 Å². The minimum atomic E-state index is -1.09. The van der Waals surface area contributed by atoms with Gasteiger partial charge in [0.2, 0.25) is 17.7 Å². The molecule has 5 rings (SSSR count). The van der Waals surface area contributed by atoms with E-state index in [0.717, 1.165) is 11.1 Å². The Morgan fingerprint density at radius 1 is 0.939 bits per heavy atom. The molecule has 2 aliphatic heterocycles. The number of ether oxygens (including phenoxy) is 2. The van der Waals surface area contributed by atoms with Gasteiger partial charge in [-0.15, -0.1) is 0 Å². The van der Waals surface area contributed by atoms with E-state index in [4.69, 9.17) is 9.47 Å². The van der Waals surface area contributed by atoms with Crippen LogP contribution < -0.4 is 26.0 Å². The molecule has 2 heterocycles. The Kier molecular flexibility index (Phi) is 12.0. The van der Waals surface area contributed by atoms with Gasteiger partial charge in [-0.3, -0.25) is 19.2 Å². The molecule has 1 fully saturated rings. The van der Waals surface area contributed by atoms with Crippen LogP contribution in [0.3, 0.4) is 0 Å². The summed E-state index contributed by atoms with van der Waals surface area (Å²) < 4.78 is 26.0. The van der Waals surface area contributed by atoms with Crippen LogP contribution in [-0.4, -0.2) is 68.1 Å². The summed E-state index contributed by atoms with van der Waals surface area (Å²) >= 11 is 0. The fourth-order valence-corrected chi connectivity index (χ4v) is 6.28. The zero-order valence-electron chi connectivity index (χ0n) is 28.0. The minimum absolute atomic E-state index is 0.0202. The summed E-state index contributed by atoms with van der Waals surface area (Å²) in [6.45, 7) is 5.09. The molecule has 0 saturated carbocycles. The lowest BCUT2D eigenvalue weighted by Crippen LogP contribution is -2.53. The minimum Gasteiger partial charge on any atom is -0.491 e. The molecule has 0 radical (unpaired) electrons. The van der Waals surface area contributed by atoms with Crippen molar-refractivity contribution in [2.75, 3.05) is 26.4 Å². The SMILES string of the molecule is CC(C)[C@@H]1COc2ccccc2C(=O)N[C@H](C(=O)NCC2(c3cccc(F)c3)CCOCC2)CCC(=O)N[C@@H](Cc2ccccc2)C(=O)N1. The van der Waals surface area contributed by atoms with Crippen LogP contribution in [-0.2, 0) is 31.0 Å². The van der Waals surface area contributed by atoms with Crippen LogP contribution in [0.5, 0.6) is 5.75 Å². The molecule has 3 atom stereocenters. The van der Waals surface area contributed by atoms with Crippen LogP contribution in [0.4, 0.5) is 4.39 Å². The number of amides is 4. The number of carbonyl (C=O) groups is 4. The second kappa shape index (κ2) is 16.6. The van der Waals surface area contributed by atoms with E-state index in [1.54, 1.807) is 30.3 Å². The maximum absolute atomic E-state index is 14.3. The molecule has 4 amide bonds. The number of hydrogen-bond acceptors (Lipinski definition) is 6. The summed E-state index contributed by atoms with van der Waals surface area (Å²) in [5, 5.41) is 11.7. The number of fused-ring (bicyclic) bond motifs is 1. The van der Waals surface area contributed by atoms with Crippen LogP contribution >= 0.6 is 0 Å². The Balaban J connectivity index is 1.40. The van der Waals surface area contributed by atoms with Crippen molar-refractivity contribution in [1.82, 2.24) is 21.3 Å². The van der Waals surface area contributed by atoms with Crippen molar-refractivity contribution in [3.63, 3.8) is 0 Å². The van der Waals surface area contributed by atoms with Crippen LogP contribution in [0.15, 0.2) is 78.9 Å². The summed E-state index contributed by atoms with van der Waals surface area (Å²) in [7, 11) is 0. The number of carbonyl (C=O) groups excluding carboxylic acids is 4. The highest BCUT2D eigenvalue weighted by Gasteiger charge is 2.36. The van der Waals surface area contributed by atoms with Crippen LogP contribution in [0, 0.1) is 11.7 Å². The van der Waals surface area contributed by atoms with E-state index in [0.29, 0.717) is 31.8 Å². The van der Waals surface area contributed by atoms with Crippen molar-refractivity contribution in [2.45, 2.75) is 69.5 Å². The predicted octanol–water partition coefficient (Wildman–Crippen LogP) is 3.83. The van der Waals surface area contributed by atoms with Crippen molar-refractivity contribution in [1.29, 1.82) is 0 Å². The van der Waals surface area contributed by atoms with Gasteiger partial charge in [-0.05, 0) is 60.6 Å². The smallest absolute Gasteiger partial charge is 0.255 e. The molecule has 0 bridgehead atoms. The van der Waals surface area contributed by atoms with E-state index in [9.17, 15) is 23.6 Å². The zero-order valence-corrected chi connectivity index (χ0v) is 28.0. The summed E-state index contributed by atoms with van der Waals surface area (Å²) in [4.78, 5) is 54.6. The molecule has 0 aromatic heterocycles. The summed E-state index contributed by atoms with van der Waals surface area (Å²) in [5.74, 6) is -1.89. The largest absolute Gasteiger partial charge is 0.491 e. The number of para-hydroxylation sites is 1. The van der Waals surface area contributed by atoms with E-state index < -0.39 is 41.3 Å². The first kappa shape index (κ1) is 35.5. The van der Waals surface area contributed by atoms with Crippen molar-refractivity contribution in [3.05, 3.63) is 101 Å². The number of hydrogen-bond donors (Lipinski definition) is 4.